The summed E-state index contributed by atoms with van der Waals surface area (Å²) >= 11 is 1.59. The van der Waals surface area contributed by atoms with Crippen LogP contribution in [0, 0.1) is 5.92 Å². The Morgan fingerprint density at radius 2 is 2.23 bits per heavy atom. The summed E-state index contributed by atoms with van der Waals surface area (Å²) in [5.74, 6) is 0.372. The molecule has 5 nitrogen and oxygen atoms in total. The summed E-state index contributed by atoms with van der Waals surface area (Å²) in [4.78, 5) is 26.0. The SMILES string of the molecule is CC(C)(C(=O)NCC(N)C1CCN(C=O)CC1)c1cccs1. The van der Waals surface area contributed by atoms with Gasteiger partial charge in [-0.2, -0.15) is 0 Å². The van der Waals surface area contributed by atoms with Gasteiger partial charge in [0.15, 0.2) is 0 Å². The van der Waals surface area contributed by atoms with E-state index in [-0.39, 0.29) is 11.9 Å². The van der Waals surface area contributed by atoms with E-state index in [0.29, 0.717) is 12.5 Å². The number of piperidine rings is 1. The lowest BCUT2D eigenvalue weighted by Crippen LogP contribution is -2.49. The topological polar surface area (TPSA) is 75.4 Å². The van der Waals surface area contributed by atoms with Crippen LogP contribution in [0.3, 0.4) is 0 Å². The van der Waals surface area contributed by atoms with E-state index in [4.69, 9.17) is 5.73 Å². The number of nitrogens with one attached hydrogen (secondary N) is 1. The van der Waals surface area contributed by atoms with Gasteiger partial charge in [-0.05, 0) is 44.1 Å². The third kappa shape index (κ3) is 3.87. The second-order valence-electron chi connectivity index (χ2n) is 6.45. The minimum absolute atomic E-state index is 0.00993. The Morgan fingerprint density at radius 3 is 2.77 bits per heavy atom. The molecule has 0 aliphatic carbocycles. The van der Waals surface area contributed by atoms with Crippen LogP contribution in [0.4, 0.5) is 0 Å². The fraction of sp³-hybridized carbons (Fsp3) is 0.625. The van der Waals surface area contributed by atoms with Gasteiger partial charge in [-0.1, -0.05) is 6.07 Å². The maximum Gasteiger partial charge on any atom is 0.230 e. The second-order valence-corrected chi connectivity index (χ2v) is 7.40. The van der Waals surface area contributed by atoms with E-state index in [1.165, 1.54) is 0 Å². The van der Waals surface area contributed by atoms with E-state index in [0.717, 1.165) is 37.2 Å². The smallest absolute Gasteiger partial charge is 0.230 e. The molecule has 0 bridgehead atoms. The van der Waals surface area contributed by atoms with E-state index < -0.39 is 5.41 Å². The zero-order valence-corrected chi connectivity index (χ0v) is 14.1. The molecule has 0 spiro atoms. The highest BCUT2D eigenvalue weighted by atomic mass is 32.1. The number of thiophene rings is 1. The zero-order chi connectivity index (χ0) is 16.2. The zero-order valence-electron chi connectivity index (χ0n) is 13.2. The molecule has 1 fully saturated rings. The van der Waals surface area contributed by atoms with Crippen LogP contribution in [0.15, 0.2) is 17.5 Å². The van der Waals surface area contributed by atoms with Gasteiger partial charge in [0.05, 0.1) is 5.41 Å². The number of nitrogens with zero attached hydrogens (tertiary/aromatic N) is 1. The average Bonchev–Trinajstić information content (AvgIpc) is 3.07. The Labute approximate surface area is 135 Å². The van der Waals surface area contributed by atoms with E-state index in [2.05, 4.69) is 5.32 Å². The number of nitrogens with two attached hydrogens (primary N) is 1. The van der Waals surface area contributed by atoms with Crippen molar-refractivity contribution >= 4 is 23.7 Å². The highest BCUT2D eigenvalue weighted by Gasteiger charge is 2.31. The van der Waals surface area contributed by atoms with Crippen molar-refractivity contribution in [2.24, 2.45) is 11.7 Å². The second kappa shape index (κ2) is 7.24. The summed E-state index contributed by atoms with van der Waals surface area (Å²) < 4.78 is 0. The molecule has 1 aliphatic rings. The molecule has 6 heteroatoms. The normalized spacial score (nSPS) is 18.0. The summed E-state index contributed by atoms with van der Waals surface area (Å²) in [6.07, 6.45) is 2.71. The lowest BCUT2D eigenvalue weighted by Gasteiger charge is -2.33. The van der Waals surface area contributed by atoms with Crippen molar-refractivity contribution in [3.05, 3.63) is 22.4 Å². The Hall–Kier alpha value is -1.40. The lowest BCUT2D eigenvalue weighted by molar-refractivity contribution is -0.125. The molecule has 0 aromatic carbocycles. The Morgan fingerprint density at radius 1 is 1.55 bits per heavy atom. The molecule has 3 N–H and O–H groups in total. The van der Waals surface area contributed by atoms with E-state index >= 15 is 0 Å². The molecular weight excluding hydrogens is 298 g/mol. The number of amides is 2. The Balaban J connectivity index is 1.82. The van der Waals surface area contributed by atoms with Crippen LogP contribution in [0.25, 0.3) is 0 Å². The largest absolute Gasteiger partial charge is 0.354 e. The highest BCUT2D eigenvalue weighted by Crippen LogP contribution is 2.27. The molecule has 1 aromatic rings. The number of rotatable bonds is 6. The lowest BCUT2D eigenvalue weighted by atomic mass is 9.88. The van der Waals surface area contributed by atoms with Crippen LogP contribution in [0.2, 0.25) is 0 Å². The maximum absolute atomic E-state index is 12.4. The van der Waals surface area contributed by atoms with Gasteiger partial charge >= 0.3 is 0 Å². The summed E-state index contributed by atoms with van der Waals surface area (Å²) in [6, 6.07) is 3.89. The van der Waals surface area contributed by atoms with Crippen LogP contribution >= 0.6 is 11.3 Å². The molecule has 0 saturated carbocycles. The van der Waals surface area contributed by atoms with Gasteiger partial charge in [-0.15, -0.1) is 11.3 Å². The van der Waals surface area contributed by atoms with Gasteiger partial charge in [0.25, 0.3) is 0 Å². The van der Waals surface area contributed by atoms with Crippen molar-refractivity contribution in [1.82, 2.24) is 10.2 Å². The van der Waals surface area contributed by atoms with Crippen molar-refractivity contribution in [2.75, 3.05) is 19.6 Å². The van der Waals surface area contributed by atoms with Crippen molar-refractivity contribution in [2.45, 2.75) is 38.1 Å². The first kappa shape index (κ1) is 17.0. The summed E-state index contributed by atoms with van der Waals surface area (Å²) in [5.41, 5.74) is 5.69. The standard InChI is InChI=1S/C16H25N3O2S/c1-16(2,14-4-3-9-22-14)15(21)18-10-13(17)12-5-7-19(11-20)8-6-12/h3-4,9,11-13H,5-8,10,17H2,1-2H3,(H,18,21). The van der Waals surface area contributed by atoms with Gasteiger partial charge in [-0.3, -0.25) is 9.59 Å². The first-order valence-corrected chi connectivity index (χ1v) is 8.60. The van der Waals surface area contributed by atoms with Crippen LogP contribution < -0.4 is 11.1 Å². The highest BCUT2D eigenvalue weighted by molar-refractivity contribution is 7.10. The molecule has 1 aromatic heterocycles. The molecule has 1 aliphatic heterocycles. The van der Waals surface area contributed by atoms with Gasteiger partial charge in [-0.25, -0.2) is 0 Å². The predicted molar refractivity (Wildman–Crippen MR) is 88.7 cm³/mol. The molecular formula is C16H25N3O2S. The summed E-state index contributed by atoms with van der Waals surface area (Å²) in [6.45, 7) is 5.87. The predicted octanol–water partition coefficient (Wildman–Crippen LogP) is 1.34. The number of hydrogen-bond acceptors (Lipinski definition) is 4. The quantitative estimate of drug-likeness (QED) is 0.776. The van der Waals surface area contributed by atoms with Crippen molar-refractivity contribution in [1.29, 1.82) is 0 Å². The Bertz CT molecular complexity index is 493. The molecule has 0 radical (unpaired) electrons. The molecule has 1 atom stereocenters. The van der Waals surface area contributed by atoms with Gasteiger partial charge in [0.1, 0.15) is 0 Å². The van der Waals surface area contributed by atoms with Crippen molar-refractivity contribution < 1.29 is 9.59 Å². The van der Waals surface area contributed by atoms with Crippen LogP contribution in [0.1, 0.15) is 31.6 Å². The number of likely N-dealkylation sites (tertiary alicyclic amines) is 1. The van der Waals surface area contributed by atoms with E-state index in [1.54, 1.807) is 16.2 Å². The minimum atomic E-state index is -0.533. The molecule has 1 unspecified atom stereocenters. The average molecular weight is 323 g/mol. The maximum atomic E-state index is 12.4. The Kier molecular flexibility index (Phi) is 5.58. The number of carbonyl (C=O) groups is 2. The molecule has 2 heterocycles. The number of carbonyl (C=O) groups excluding carboxylic acids is 2. The monoisotopic (exact) mass is 323 g/mol. The van der Waals surface area contributed by atoms with Gasteiger partial charge in [0, 0.05) is 30.6 Å². The first-order chi connectivity index (χ1) is 10.4. The fourth-order valence-corrected chi connectivity index (χ4v) is 3.65. The van der Waals surface area contributed by atoms with Gasteiger partial charge < -0.3 is 16.0 Å². The molecule has 2 amide bonds. The van der Waals surface area contributed by atoms with E-state index in [9.17, 15) is 9.59 Å². The molecule has 1 saturated heterocycles. The summed E-state index contributed by atoms with van der Waals surface area (Å²) in [7, 11) is 0. The molecule has 22 heavy (non-hydrogen) atoms. The third-order valence-electron chi connectivity index (χ3n) is 4.53. The fourth-order valence-electron chi connectivity index (χ4n) is 2.80. The minimum Gasteiger partial charge on any atom is -0.354 e. The van der Waals surface area contributed by atoms with Crippen LogP contribution in [-0.2, 0) is 15.0 Å². The molecule has 122 valence electrons. The van der Waals surface area contributed by atoms with Crippen molar-refractivity contribution in [3.8, 4) is 0 Å². The van der Waals surface area contributed by atoms with E-state index in [1.807, 2.05) is 31.4 Å². The molecule has 2 rings (SSSR count). The van der Waals surface area contributed by atoms with Crippen molar-refractivity contribution in [3.63, 3.8) is 0 Å². The van der Waals surface area contributed by atoms with Crippen LogP contribution in [0.5, 0.6) is 0 Å². The summed E-state index contributed by atoms with van der Waals surface area (Å²) in [5, 5.41) is 4.98. The number of hydrogen-bond donors (Lipinski definition) is 2. The van der Waals surface area contributed by atoms with Crippen LogP contribution in [-0.4, -0.2) is 42.9 Å². The third-order valence-corrected chi connectivity index (χ3v) is 5.73. The first-order valence-electron chi connectivity index (χ1n) is 7.72. The van der Waals surface area contributed by atoms with Gasteiger partial charge in [0.2, 0.25) is 12.3 Å².